The van der Waals surface area contributed by atoms with Crippen molar-refractivity contribution in [3.63, 3.8) is 0 Å². The van der Waals surface area contributed by atoms with Crippen LogP contribution in [0.5, 0.6) is 0 Å². The van der Waals surface area contributed by atoms with E-state index >= 15 is 0 Å². The van der Waals surface area contributed by atoms with E-state index in [0.717, 1.165) is 44.1 Å². The third kappa shape index (κ3) is 5.11. The normalized spacial score (nSPS) is 25.7. The van der Waals surface area contributed by atoms with Gasteiger partial charge in [0, 0.05) is 45.3 Å². The first kappa shape index (κ1) is 15.6. The molecule has 21 heavy (non-hydrogen) atoms. The van der Waals surface area contributed by atoms with Gasteiger partial charge in [-0.15, -0.1) is 0 Å². The fourth-order valence-electron chi connectivity index (χ4n) is 3.44. The van der Waals surface area contributed by atoms with Crippen LogP contribution >= 0.6 is 0 Å². The highest BCUT2D eigenvalue weighted by Crippen LogP contribution is 2.44. The number of nitrogens with one attached hydrogen (secondary N) is 1. The van der Waals surface area contributed by atoms with Crippen LogP contribution in [0.4, 0.5) is 13.2 Å². The van der Waals surface area contributed by atoms with Gasteiger partial charge in [-0.3, -0.25) is 9.80 Å². The molecule has 0 aromatic rings. The summed E-state index contributed by atoms with van der Waals surface area (Å²) >= 11 is 0. The number of alkyl halides is 3. The number of halogens is 3. The van der Waals surface area contributed by atoms with Crippen molar-refractivity contribution >= 4 is 0 Å². The molecule has 2 saturated carbocycles. The van der Waals surface area contributed by atoms with E-state index in [1.54, 1.807) is 0 Å². The highest BCUT2D eigenvalue weighted by Gasteiger charge is 2.41. The van der Waals surface area contributed by atoms with E-state index in [4.69, 9.17) is 0 Å². The Hall–Kier alpha value is -0.330. The first-order valence-electron chi connectivity index (χ1n) is 8.26. The third-order valence-corrected chi connectivity index (χ3v) is 4.94. The van der Waals surface area contributed by atoms with Gasteiger partial charge in [0.1, 0.15) is 0 Å². The molecule has 1 aliphatic heterocycles. The van der Waals surface area contributed by atoms with E-state index in [1.165, 1.54) is 30.6 Å². The SMILES string of the molecule is FC(F)(F)CN1CCN(CCNC(C2CC2)C2CC2)CC1. The van der Waals surface area contributed by atoms with E-state index in [9.17, 15) is 13.2 Å². The van der Waals surface area contributed by atoms with Gasteiger partial charge in [-0.2, -0.15) is 13.2 Å². The summed E-state index contributed by atoms with van der Waals surface area (Å²) in [7, 11) is 0. The lowest BCUT2D eigenvalue weighted by Crippen LogP contribution is -2.51. The van der Waals surface area contributed by atoms with E-state index in [0.29, 0.717) is 13.1 Å². The predicted molar refractivity (Wildman–Crippen MR) is 76.2 cm³/mol. The molecular formula is C15H26F3N3. The molecule has 122 valence electrons. The number of piperazine rings is 1. The minimum atomic E-state index is -4.06. The van der Waals surface area contributed by atoms with Crippen LogP contribution in [-0.2, 0) is 0 Å². The Bertz CT molecular complexity index is 320. The van der Waals surface area contributed by atoms with Crippen molar-refractivity contribution in [2.75, 3.05) is 45.8 Å². The van der Waals surface area contributed by atoms with Crippen LogP contribution in [0.2, 0.25) is 0 Å². The molecule has 0 unspecified atom stereocenters. The first-order chi connectivity index (χ1) is 10.0. The van der Waals surface area contributed by atoms with E-state index < -0.39 is 12.7 Å². The number of rotatable bonds is 7. The van der Waals surface area contributed by atoms with Gasteiger partial charge in [0.05, 0.1) is 6.54 Å². The van der Waals surface area contributed by atoms with Crippen molar-refractivity contribution in [2.24, 2.45) is 11.8 Å². The zero-order valence-corrected chi connectivity index (χ0v) is 12.5. The maximum absolute atomic E-state index is 12.3. The summed E-state index contributed by atoms with van der Waals surface area (Å²) in [4.78, 5) is 3.80. The van der Waals surface area contributed by atoms with Crippen molar-refractivity contribution in [3.05, 3.63) is 0 Å². The summed E-state index contributed by atoms with van der Waals surface area (Å²) in [5, 5.41) is 3.71. The Balaban J connectivity index is 1.30. The summed E-state index contributed by atoms with van der Waals surface area (Å²) < 4.78 is 37.0. The van der Waals surface area contributed by atoms with Crippen LogP contribution in [-0.4, -0.2) is 67.8 Å². The van der Waals surface area contributed by atoms with E-state index in [-0.39, 0.29) is 0 Å². The highest BCUT2D eigenvalue weighted by atomic mass is 19.4. The lowest BCUT2D eigenvalue weighted by Gasteiger charge is -2.35. The summed E-state index contributed by atoms with van der Waals surface area (Å²) in [5.74, 6) is 1.81. The Kier molecular flexibility index (Phi) is 4.76. The van der Waals surface area contributed by atoms with Crippen LogP contribution in [0, 0.1) is 11.8 Å². The first-order valence-corrected chi connectivity index (χ1v) is 8.26. The third-order valence-electron chi connectivity index (χ3n) is 4.94. The minimum Gasteiger partial charge on any atom is -0.312 e. The van der Waals surface area contributed by atoms with Crippen LogP contribution in [0.15, 0.2) is 0 Å². The average Bonchev–Trinajstić information content (AvgIpc) is 3.27. The van der Waals surface area contributed by atoms with E-state index in [1.807, 2.05) is 0 Å². The van der Waals surface area contributed by atoms with Crippen LogP contribution in [0.3, 0.4) is 0 Å². The molecule has 2 aliphatic carbocycles. The quantitative estimate of drug-likeness (QED) is 0.775. The lowest BCUT2D eigenvalue weighted by molar-refractivity contribution is -0.149. The van der Waals surface area contributed by atoms with Crippen molar-refractivity contribution in [1.29, 1.82) is 0 Å². The van der Waals surface area contributed by atoms with Gasteiger partial charge in [0.2, 0.25) is 0 Å². The molecule has 0 spiro atoms. The smallest absolute Gasteiger partial charge is 0.312 e. The Morgan fingerprint density at radius 3 is 1.90 bits per heavy atom. The summed E-state index contributed by atoms with van der Waals surface area (Å²) in [6.07, 6.45) is 1.45. The second kappa shape index (κ2) is 6.42. The lowest BCUT2D eigenvalue weighted by atomic mass is 10.1. The van der Waals surface area contributed by atoms with Gasteiger partial charge in [-0.1, -0.05) is 0 Å². The molecule has 3 nitrogen and oxygen atoms in total. The Labute approximate surface area is 124 Å². The topological polar surface area (TPSA) is 18.5 Å². The van der Waals surface area contributed by atoms with Crippen molar-refractivity contribution in [3.8, 4) is 0 Å². The van der Waals surface area contributed by atoms with Crippen molar-refractivity contribution in [1.82, 2.24) is 15.1 Å². The van der Waals surface area contributed by atoms with Crippen molar-refractivity contribution < 1.29 is 13.2 Å². The van der Waals surface area contributed by atoms with Gasteiger partial charge in [0.15, 0.2) is 0 Å². The molecule has 0 radical (unpaired) electrons. The average molecular weight is 305 g/mol. The molecule has 3 rings (SSSR count). The maximum Gasteiger partial charge on any atom is 0.401 e. The molecular weight excluding hydrogens is 279 g/mol. The highest BCUT2D eigenvalue weighted by molar-refractivity contribution is 4.96. The molecule has 0 bridgehead atoms. The summed E-state index contributed by atoms with van der Waals surface area (Å²) in [5.41, 5.74) is 0. The second-order valence-corrected chi connectivity index (χ2v) is 6.89. The fourth-order valence-corrected chi connectivity index (χ4v) is 3.44. The van der Waals surface area contributed by atoms with Gasteiger partial charge < -0.3 is 5.32 Å². The molecule has 0 aromatic heterocycles. The molecule has 0 amide bonds. The standard InChI is InChI=1S/C15H26F3N3/c16-15(17,18)11-21-9-7-20(8-10-21)6-5-19-14(12-1-2-12)13-3-4-13/h12-14,19H,1-11H2. The Morgan fingerprint density at radius 1 is 0.905 bits per heavy atom. The summed E-state index contributed by atoms with van der Waals surface area (Å²) in [6.45, 7) is 3.78. The van der Waals surface area contributed by atoms with Crippen LogP contribution in [0.1, 0.15) is 25.7 Å². The molecule has 3 aliphatic rings. The molecule has 0 aromatic carbocycles. The second-order valence-electron chi connectivity index (χ2n) is 6.89. The van der Waals surface area contributed by atoms with Gasteiger partial charge in [0.25, 0.3) is 0 Å². The largest absolute Gasteiger partial charge is 0.401 e. The number of hydrogen-bond acceptors (Lipinski definition) is 3. The molecule has 6 heteroatoms. The molecule has 3 fully saturated rings. The monoisotopic (exact) mass is 305 g/mol. The van der Waals surface area contributed by atoms with E-state index in [2.05, 4.69) is 10.2 Å². The minimum absolute atomic E-state index is 0.536. The van der Waals surface area contributed by atoms with Crippen molar-refractivity contribution in [2.45, 2.75) is 37.9 Å². The maximum atomic E-state index is 12.3. The zero-order chi connectivity index (χ0) is 14.9. The van der Waals surface area contributed by atoms with Crippen LogP contribution < -0.4 is 5.32 Å². The predicted octanol–water partition coefficient (Wildman–Crippen LogP) is 1.94. The molecule has 1 saturated heterocycles. The molecule has 0 atom stereocenters. The Morgan fingerprint density at radius 2 is 1.43 bits per heavy atom. The zero-order valence-electron chi connectivity index (χ0n) is 12.5. The van der Waals surface area contributed by atoms with Gasteiger partial charge >= 0.3 is 6.18 Å². The molecule has 1 N–H and O–H groups in total. The van der Waals surface area contributed by atoms with Gasteiger partial charge in [-0.05, 0) is 37.5 Å². The van der Waals surface area contributed by atoms with Crippen LogP contribution in [0.25, 0.3) is 0 Å². The molecule has 1 heterocycles. The number of hydrogen-bond donors (Lipinski definition) is 1. The number of nitrogens with zero attached hydrogens (tertiary/aromatic N) is 2. The van der Waals surface area contributed by atoms with Gasteiger partial charge in [-0.25, -0.2) is 0 Å². The fraction of sp³-hybridized carbons (Fsp3) is 1.00. The summed E-state index contributed by atoms with van der Waals surface area (Å²) in [6, 6.07) is 0.719.